The number of nitrogens with zero attached hydrogens (tertiary/aromatic N) is 4. The second-order valence-corrected chi connectivity index (χ2v) is 3.96. The van der Waals surface area contributed by atoms with Gasteiger partial charge in [-0.05, 0) is 24.1 Å². The smallest absolute Gasteiger partial charge is 0.188 e. The summed E-state index contributed by atoms with van der Waals surface area (Å²) >= 11 is 0. The topological polar surface area (TPSA) is 55.6 Å². The Labute approximate surface area is 83.9 Å². The zero-order valence-corrected chi connectivity index (χ0v) is 8.61. The second kappa shape index (κ2) is 4.50. The molecular weight excluding hydrogens is 178 g/mol. The molecule has 1 aliphatic carbocycles. The third-order valence-corrected chi connectivity index (χ3v) is 2.79. The molecule has 0 amide bonds. The number of rotatable bonds is 5. The third-order valence-electron chi connectivity index (χ3n) is 2.79. The predicted octanol–water partition coefficient (Wildman–Crippen LogP) is 0.490. The minimum atomic E-state index is 0.737. The number of hydrogen-bond donors (Lipinski definition) is 1. The largest absolute Gasteiger partial charge is 0.310 e. The van der Waals surface area contributed by atoms with Gasteiger partial charge in [0.05, 0.1) is 13.6 Å². The average molecular weight is 195 g/mol. The van der Waals surface area contributed by atoms with Gasteiger partial charge in [0.25, 0.3) is 0 Å². The van der Waals surface area contributed by atoms with Crippen molar-refractivity contribution in [2.24, 2.45) is 13.0 Å². The lowest BCUT2D eigenvalue weighted by molar-refractivity contribution is 0.291. The maximum atomic E-state index is 4.09. The van der Waals surface area contributed by atoms with Crippen LogP contribution in [0.5, 0.6) is 0 Å². The van der Waals surface area contributed by atoms with Crippen LogP contribution in [0.1, 0.15) is 31.5 Å². The van der Waals surface area contributed by atoms with E-state index in [0.717, 1.165) is 24.8 Å². The van der Waals surface area contributed by atoms with Crippen molar-refractivity contribution in [3.63, 3.8) is 0 Å². The van der Waals surface area contributed by atoms with Crippen molar-refractivity contribution < 1.29 is 0 Å². The van der Waals surface area contributed by atoms with Gasteiger partial charge >= 0.3 is 0 Å². The predicted molar refractivity (Wildman–Crippen MR) is 52.5 cm³/mol. The maximum Gasteiger partial charge on any atom is 0.188 e. The molecule has 14 heavy (non-hydrogen) atoms. The molecule has 78 valence electrons. The van der Waals surface area contributed by atoms with Crippen LogP contribution in [0.15, 0.2) is 0 Å². The maximum absolute atomic E-state index is 4.09. The van der Waals surface area contributed by atoms with Gasteiger partial charge in [0.2, 0.25) is 0 Å². The van der Waals surface area contributed by atoms with Gasteiger partial charge in [0.1, 0.15) is 0 Å². The van der Waals surface area contributed by atoms with Crippen molar-refractivity contribution in [1.29, 1.82) is 0 Å². The first-order valence-corrected chi connectivity index (χ1v) is 5.28. The summed E-state index contributed by atoms with van der Waals surface area (Å²) in [5, 5.41) is 15.1. The fourth-order valence-corrected chi connectivity index (χ4v) is 1.68. The highest BCUT2D eigenvalue weighted by molar-refractivity contribution is 4.76. The summed E-state index contributed by atoms with van der Waals surface area (Å²) in [5.41, 5.74) is 0. The fourth-order valence-electron chi connectivity index (χ4n) is 1.68. The van der Waals surface area contributed by atoms with Crippen LogP contribution in [0.3, 0.4) is 0 Å². The molecule has 0 aromatic carbocycles. The van der Waals surface area contributed by atoms with Gasteiger partial charge in [0, 0.05) is 0 Å². The van der Waals surface area contributed by atoms with Crippen LogP contribution in [-0.2, 0) is 13.6 Å². The molecular formula is C9H17N5. The SMILES string of the molecule is Cn1nnc(CNCCC2CCC2)n1. The molecule has 0 bridgehead atoms. The first kappa shape index (κ1) is 9.58. The summed E-state index contributed by atoms with van der Waals surface area (Å²) in [6.45, 7) is 1.81. The van der Waals surface area contributed by atoms with E-state index in [-0.39, 0.29) is 0 Å². The minimum Gasteiger partial charge on any atom is -0.310 e. The molecule has 5 nitrogen and oxygen atoms in total. The highest BCUT2D eigenvalue weighted by Gasteiger charge is 2.16. The van der Waals surface area contributed by atoms with E-state index in [9.17, 15) is 0 Å². The average Bonchev–Trinajstić information content (AvgIpc) is 2.48. The van der Waals surface area contributed by atoms with E-state index in [1.807, 2.05) is 0 Å². The molecule has 1 N–H and O–H groups in total. The van der Waals surface area contributed by atoms with E-state index >= 15 is 0 Å². The van der Waals surface area contributed by atoms with Crippen molar-refractivity contribution in [1.82, 2.24) is 25.5 Å². The van der Waals surface area contributed by atoms with Gasteiger partial charge < -0.3 is 5.32 Å². The highest BCUT2D eigenvalue weighted by atomic mass is 15.6. The minimum absolute atomic E-state index is 0.737. The van der Waals surface area contributed by atoms with Crippen LogP contribution in [0.2, 0.25) is 0 Å². The molecule has 1 fully saturated rings. The van der Waals surface area contributed by atoms with Crippen LogP contribution in [0.4, 0.5) is 0 Å². The van der Waals surface area contributed by atoms with E-state index in [1.54, 1.807) is 7.05 Å². The first-order valence-electron chi connectivity index (χ1n) is 5.28. The molecule has 1 heterocycles. The van der Waals surface area contributed by atoms with Gasteiger partial charge in [-0.25, -0.2) is 0 Å². The van der Waals surface area contributed by atoms with Crippen molar-refractivity contribution >= 4 is 0 Å². The van der Waals surface area contributed by atoms with Crippen LogP contribution in [0.25, 0.3) is 0 Å². The molecule has 2 rings (SSSR count). The zero-order valence-electron chi connectivity index (χ0n) is 8.61. The monoisotopic (exact) mass is 195 g/mol. The Morgan fingerprint density at radius 1 is 1.50 bits per heavy atom. The Kier molecular flexibility index (Phi) is 3.08. The lowest BCUT2D eigenvalue weighted by atomic mass is 9.83. The summed E-state index contributed by atoms with van der Waals surface area (Å²) < 4.78 is 0. The lowest BCUT2D eigenvalue weighted by Crippen LogP contribution is -2.21. The number of nitrogens with one attached hydrogen (secondary N) is 1. The molecule has 0 aliphatic heterocycles. The Bertz CT molecular complexity index is 278. The molecule has 5 heteroatoms. The van der Waals surface area contributed by atoms with Gasteiger partial charge in [-0.3, -0.25) is 0 Å². The number of aryl methyl sites for hydroxylation is 1. The van der Waals surface area contributed by atoms with E-state index in [1.165, 1.54) is 30.5 Å². The number of aromatic nitrogens is 4. The Balaban J connectivity index is 1.58. The lowest BCUT2D eigenvalue weighted by Gasteiger charge is -2.24. The molecule has 1 saturated carbocycles. The van der Waals surface area contributed by atoms with Crippen molar-refractivity contribution in [2.75, 3.05) is 6.54 Å². The quantitative estimate of drug-likeness (QED) is 0.695. The van der Waals surface area contributed by atoms with Crippen LogP contribution in [-0.4, -0.2) is 26.8 Å². The zero-order chi connectivity index (χ0) is 9.80. The van der Waals surface area contributed by atoms with Crippen LogP contribution < -0.4 is 5.32 Å². The fraction of sp³-hybridized carbons (Fsp3) is 0.889. The summed E-state index contributed by atoms with van der Waals surface area (Å²) in [6, 6.07) is 0. The van der Waals surface area contributed by atoms with E-state index < -0.39 is 0 Å². The molecule has 1 aliphatic rings. The molecule has 1 aromatic rings. The third kappa shape index (κ3) is 2.51. The van der Waals surface area contributed by atoms with Crippen LogP contribution in [0, 0.1) is 5.92 Å². The van der Waals surface area contributed by atoms with E-state index in [2.05, 4.69) is 20.7 Å². The van der Waals surface area contributed by atoms with Gasteiger partial charge in [-0.2, -0.15) is 4.80 Å². The summed E-state index contributed by atoms with van der Waals surface area (Å²) in [4.78, 5) is 1.49. The Hall–Kier alpha value is -0.970. The molecule has 0 radical (unpaired) electrons. The first-order chi connectivity index (χ1) is 6.84. The Morgan fingerprint density at radius 2 is 2.36 bits per heavy atom. The van der Waals surface area contributed by atoms with Crippen molar-refractivity contribution in [3.8, 4) is 0 Å². The second-order valence-electron chi connectivity index (χ2n) is 3.96. The number of hydrogen-bond acceptors (Lipinski definition) is 4. The molecule has 1 aromatic heterocycles. The van der Waals surface area contributed by atoms with E-state index in [4.69, 9.17) is 0 Å². The van der Waals surface area contributed by atoms with Crippen LogP contribution >= 0.6 is 0 Å². The van der Waals surface area contributed by atoms with Gasteiger partial charge in [0.15, 0.2) is 5.82 Å². The Morgan fingerprint density at radius 3 is 2.93 bits per heavy atom. The number of tetrazole rings is 1. The summed E-state index contributed by atoms with van der Waals surface area (Å²) in [5.74, 6) is 1.75. The summed E-state index contributed by atoms with van der Waals surface area (Å²) in [7, 11) is 1.78. The molecule has 0 spiro atoms. The standard InChI is InChI=1S/C9H17N5/c1-14-12-9(11-13-14)7-10-6-5-8-3-2-4-8/h8,10H,2-7H2,1H3. The van der Waals surface area contributed by atoms with Crippen molar-refractivity contribution in [2.45, 2.75) is 32.2 Å². The van der Waals surface area contributed by atoms with Gasteiger partial charge in [-0.15, -0.1) is 10.2 Å². The molecule has 0 atom stereocenters. The van der Waals surface area contributed by atoms with Crippen molar-refractivity contribution in [3.05, 3.63) is 5.82 Å². The van der Waals surface area contributed by atoms with Gasteiger partial charge in [-0.1, -0.05) is 19.3 Å². The normalized spacial score (nSPS) is 16.9. The molecule has 0 saturated heterocycles. The summed E-state index contributed by atoms with van der Waals surface area (Å²) in [6.07, 6.45) is 5.56. The van der Waals surface area contributed by atoms with E-state index in [0.29, 0.717) is 0 Å². The molecule has 0 unspecified atom stereocenters. The highest BCUT2D eigenvalue weighted by Crippen LogP contribution is 2.28.